The number of allylic oxidation sites excluding steroid dienone is 1. The molecule has 35 heavy (non-hydrogen) atoms. The Morgan fingerprint density at radius 2 is 1.94 bits per heavy atom. The minimum Gasteiger partial charge on any atom is -0.350 e. The maximum Gasteiger partial charge on any atom is 0.243 e. The lowest BCUT2D eigenvalue weighted by Gasteiger charge is -2.25. The highest BCUT2D eigenvalue weighted by atomic mass is 35.5. The van der Waals surface area contributed by atoms with Crippen molar-refractivity contribution >= 4 is 39.9 Å². The van der Waals surface area contributed by atoms with Gasteiger partial charge in [0.2, 0.25) is 11.8 Å². The summed E-state index contributed by atoms with van der Waals surface area (Å²) >= 11 is 5.81. The van der Waals surface area contributed by atoms with Crippen molar-refractivity contribution in [3.8, 4) is 0 Å². The topological polar surface area (TPSA) is 54.3 Å². The Bertz CT molecular complexity index is 1340. The second-order valence-corrected chi connectivity index (χ2v) is 9.61. The van der Waals surface area contributed by atoms with Crippen LogP contribution in [0.2, 0.25) is 5.02 Å². The zero-order chi connectivity index (χ0) is 24.7. The summed E-state index contributed by atoms with van der Waals surface area (Å²) in [6, 6.07) is 11.5. The number of nitrogens with zero attached hydrogens (tertiary/aromatic N) is 2. The lowest BCUT2D eigenvalue weighted by molar-refractivity contribution is -0.139. The Kier molecular flexibility index (Phi) is 6.36. The molecule has 2 aromatic carbocycles. The van der Waals surface area contributed by atoms with Gasteiger partial charge in [0.25, 0.3) is 0 Å². The van der Waals surface area contributed by atoms with Crippen molar-refractivity contribution in [1.82, 2.24) is 14.8 Å². The van der Waals surface area contributed by atoms with Crippen LogP contribution in [0.1, 0.15) is 36.1 Å². The van der Waals surface area contributed by atoms with Gasteiger partial charge in [0.15, 0.2) is 0 Å². The second kappa shape index (κ2) is 9.46. The Hall–Kier alpha value is -3.19. The first kappa shape index (κ1) is 23.5. The van der Waals surface area contributed by atoms with Crippen molar-refractivity contribution in [1.29, 1.82) is 0 Å². The van der Waals surface area contributed by atoms with E-state index in [-0.39, 0.29) is 42.5 Å². The highest BCUT2D eigenvalue weighted by Gasteiger charge is 2.40. The number of carbonyl (C=O) groups excluding carboxylic acids is 2. The number of likely N-dealkylation sites (tertiary alicyclic amines) is 1. The van der Waals surface area contributed by atoms with Gasteiger partial charge in [0, 0.05) is 40.7 Å². The SMILES string of the molecule is C=C1CCCc2c1c1ccccc1n2CC(=O)N1CC(F)CC1C(=O)NCc1cccc(Cl)c1F. The first-order valence-electron chi connectivity index (χ1n) is 11.8. The molecule has 1 saturated heterocycles. The normalized spacial score (nSPS) is 19.7. The van der Waals surface area contributed by atoms with Gasteiger partial charge in [-0.15, -0.1) is 0 Å². The zero-order valence-electron chi connectivity index (χ0n) is 19.2. The fraction of sp³-hybridized carbons (Fsp3) is 0.333. The lowest BCUT2D eigenvalue weighted by atomic mass is 9.91. The van der Waals surface area contributed by atoms with Gasteiger partial charge >= 0.3 is 0 Å². The van der Waals surface area contributed by atoms with Crippen LogP contribution in [0.3, 0.4) is 0 Å². The van der Waals surface area contributed by atoms with E-state index in [4.69, 9.17) is 11.6 Å². The smallest absolute Gasteiger partial charge is 0.243 e. The molecule has 1 aromatic heterocycles. The first-order chi connectivity index (χ1) is 16.8. The molecule has 1 aliphatic carbocycles. The molecule has 1 aliphatic heterocycles. The molecule has 2 atom stereocenters. The van der Waals surface area contributed by atoms with Crippen LogP contribution in [0, 0.1) is 5.82 Å². The molecule has 5 nitrogen and oxygen atoms in total. The summed E-state index contributed by atoms with van der Waals surface area (Å²) in [6.07, 6.45) is 1.32. The number of alkyl halides is 1. The van der Waals surface area contributed by atoms with Crippen LogP contribution in [0.15, 0.2) is 49.0 Å². The van der Waals surface area contributed by atoms with Crippen LogP contribution in [-0.4, -0.2) is 40.0 Å². The molecular weight excluding hydrogens is 472 g/mol. The van der Waals surface area contributed by atoms with Gasteiger partial charge in [-0.1, -0.05) is 48.5 Å². The molecule has 2 amide bonds. The molecule has 2 unspecified atom stereocenters. The average molecular weight is 498 g/mol. The van der Waals surface area contributed by atoms with E-state index in [1.165, 1.54) is 17.0 Å². The maximum absolute atomic E-state index is 14.4. The van der Waals surface area contributed by atoms with Crippen molar-refractivity contribution in [3.63, 3.8) is 0 Å². The minimum atomic E-state index is -1.30. The van der Waals surface area contributed by atoms with E-state index in [2.05, 4.69) is 11.9 Å². The van der Waals surface area contributed by atoms with Crippen LogP contribution in [0.25, 0.3) is 16.5 Å². The van der Waals surface area contributed by atoms with Gasteiger partial charge in [-0.3, -0.25) is 9.59 Å². The van der Waals surface area contributed by atoms with E-state index in [0.29, 0.717) is 0 Å². The number of halogens is 3. The monoisotopic (exact) mass is 497 g/mol. The summed E-state index contributed by atoms with van der Waals surface area (Å²) < 4.78 is 30.6. The van der Waals surface area contributed by atoms with Crippen LogP contribution in [0.5, 0.6) is 0 Å². The predicted molar refractivity (Wildman–Crippen MR) is 132 cm³/mol. The molecule has 1 N–H and O–H groups in total. The summed E-state index contributed by atoms with van der Waals surface area (Å²) in [5, 5.41) is 3.66. The summed E-state index contributed by atoms with van der Waals surface area (Å²) in [4.78, 5) is 27.6. The Morgan fingerprint density at radius 3 is 2.77 bits per heavy atom. The van der Waals surface area contributed by atoms with Gasteiger partial charge < -0.3 is 14.8 Å². The molecule has 8 heteroatoms. The zero-order valence-corrected chi connectivity index (χ0v) is 20.0. The molecule has 0 spiro atoms. The molecule has 2 heterocycles. The molecule has 2 aliphatic rings. The molecule has 3 aromatic rings. The largest absolute Gasteiger partial charge is 0.350 e. The minimum absolute atomic E-state index is 0.0164. The third-order valence-corrected chi connectivity index (χ3v) is 7.27. The van der Waals surface area contributed by atoms with Gasteiger partial charge in [-0.2, -0.15) is 0 Å². The van der Waals surface area contributed by atoms with E-state index in [9.17, 15) is 18.4 Å². The molecule has 5 rings (SSSR count). The van der Waals surface area contributed by atoms with Gasteiger partial charge in [-0.25, -0.2) is 8.78 Å². The number of aromatic nitrogens is 1. The van der Waals surface area contributed by atoms with Gasteiger partial charge in [-0.05, 0) is 37.0 Å². The van der Waals surface area contributed by atoms with Crippen molar-refractivity contribution < 1.29 is 18.4 Å². The fourth-order valence-electron chi connectivity index (χ4n) is 5.31. The third kappa shape index (κ3) is 4.33. The summed E-state index contributed by atoms with van der Waals surface area (Å²) in [5.41, 5.74) is 4.38. The number of amides is 2. The van der Waals surface area contributed by atoms with E-state index < -0.39 is 23.9 Å². The Morgan fingerprint density at radius 1 is 1.14 bits per heavy atom. The second-order valence-electron chi connectivity index (χ2n) is 9.21. The van der Waals surface area contributed by atoms with Crippen LogP contribution >= 0.6 is 11.6 Å². The maximum atomic E-state index is 14.4. The summed E-state index contributed by atoms with van der Waals surface area (Å²) in [7, 11) is 0. The van der Waals surface area contributed by atoms with Gasteiger partial charge in [0.05, 0.1) is 11.6 Å². The van der Waals surface area contributed by atoms with E-state index >= 15 is 0 Å². The number of hydrogen-bond donors (Lipinski definition) is 1. The molecule has 1 fully saturated rings. The highest BCUT2D eigenvalue weighted by molar-refractivity contribution is 6.30. The lowest BCUT2D eigenvalue weighted by Crippen LogP contribution is -2.46. The van der Waals surface area contributed by atoms with E-state index in [1.54, 1.807) is 6.07 Å². The van der Waals surface area contributed by atoms with Crippen LogP contribution in [-0.2, 0) is 29.1 Å². The number of hydrogen-bond acceptors (Lipinski definition) is 2. The van der Waals surface area contributed by atoms with Crippen LogP contribution in [0.4, 0.5) is 8.78 Å². The standard InChI is InChI=1S/C27H26ClF2N3O2/c1-16-6-4-11-22-25(16)19-8-2-3-10-21(19)32(22)15-24(34)33-14-18(29)12-23(33)27(35)31-13-17-7-5-9-20(28)26(17)30/h2-3,5,7-10,18,23H,1,4,6,11-15H2,(H,31,35). The average Bonchev–Trinajstić information content (AvgIpc) is 3.39. The molecule has 0 radical (unpaired) electrons. The molecule has 0 saturated carbocycles. The Balaban J connectivity index is 1.36. The number of benzene rings is 2. The molecular formula is C27H26ClF2N3O2. The first-order valence-corrected chi connectivity index (χ1v) is 12.1. The quantitative estimate of drug-likeness (QED) is 0.537. The number of nitrogens with one attached hydrogen (secondary N) is 1. The van der Waals surface area contributed by atoms with E-state index in [0.717, 1.165) is 47.0 Å². The highest BCUT2D eigenvalue weighted by Crippen LogP contribution is 2.38. The number of fused-ring (bicyclic) bond motifs is 3. The number of carbonyl (C=O) groups is 2. The third-order valence-electron chi connectivity index (χ3n) is 6.98. The number of para-hydroxylation sites is 1. The van der Waals surface area contributed by atoms with E-state index in [1.807, 2.05) is 28.8 Å². The molecule has 0 bridgehead atoms. The molecule has 182 valence electrons. The van der Waals surface area contributed by atoms with Crippen molar-refractivity contribution in [3.05, 3.63) is 76.7 Å². The fourth-order valence-corrected chi connectivity index (χ4v) is 5.50. The van der Waals surface area contributed by atoms with Crippen molar-refractivity contribution in [2.24, 2.45) is 0 Å². The summed E-state index contributed by atoms with van der Waals surface area (Å²) in [5.74, 6) is -1.44. The van der Waals surface area contributed by atoms with Crippen molar-refractivity contribution in [2.45, 2.75) is 51.0 Å². The Labute approximate surface area is 207 Å². The number of rotatable bonds is 5. The van der Waals surface area contributed by atoms with Crippen molar-refractivity contribution in [2.75, 3.05) is 6.54 Å². The van der Waals surface area contributed by atoms with Crippen LogP contribution < -0.4 is 5.32 Å². The summed E-state index contributed by atoms with van der Waals surface area (Å²) in [6.45, 7) is 4.01. The van der Waals surface area contributed by atoms with Gasteiger partial charge in [0.1, 0.15) is 24.6 Å². The predicted octanol–water partition coefficient (Wildman–Crippen LogP) is 5.04.